The van der Waals surface area contributed by atoms with Gasteiger partial charge in [-0.25, -0.2) is 0 Å². The molecule has 122 valence electrons. The van der Waals surface area contributed by atoms with E-state index in [1.807, 2.05) is 41.5 Å². The third-order valence-corrected chi connectivity index (χ3v) is 5.11. The molecule has 5 nitrogen and oxygen atoms in total. The molecule has 4 rings (SSSR count). The Balaban J connectivity index is 1.69. The second-order valence-electron chi connectivity index (χ2n) is 5.75. The minimum Gasteiger partial charge on any atom is -0.353 e. The highest BCUT2D eigenvalue weighted by Gasteiger charge is 2.36. The summed E-state index contributed by atoms with van der Waals surface area (Å²) in [6.45, 7) is 2.13. The smallest absolute Gasteiger partial charge is 0.173 e. The summed E-state index contributed by atoms with van der Waals surface area (Å²) in [4.78, 5) is 3.47. The van der Waals surface area contributed by atoms with Gasteiger partial charge in [-0.2, -0.15) is 5.12 Å². The van der Waals surface area contributed by atoms with E-state index in [2.05, 4.69) is 59.9 Å². The average molecular weight is 337 g/mol. The van der Waals surface area contributed by atoms with Crippen molar-refractivity contribution in [1.82, 2.24) is 15.4 Å². The molecular formula is C18H19N5S. The Morgan fingerprint density at radius 2 is 1.67 bits per heavy atom. The number of hydrazone groups is 1. The Morgan fingerprint density at radius 1 is 1.00 bits per heavy atom. The average Bonchev–Trinajstić information content (AvgIpc) is 3.19. The number of rotatable bonds is 3. The Bertz CT molecular complexity index is 775. The fraction of sp³-hybridized carbons (Fsp3) is 0.167. The van der Waals surface area contributed by atoms with Gasteiger partial charge in [0.2, 0.25) is 0 Å². The maximum atomic E-state index is 4.82. The van der Waals surface area contributed by atoms with Crippen LogP contribution in [0.5, 0.6) is 0 Å². The summed E-state index contributed by atoms with van der Waals surface area (Å²) in [6, 6.07) is 20.4. The van der Waals surface area contributed by atoms with Crippen molar-refractivity contribution in [3.05, 3.63) is 77.3 Å². The minimum absolute atomic E-state index is 0.107. The van der Waals surface area contributed by atoms with Crippen LogP contribution in [0.25, 0.3) is 0 Å². The van der Waals surface area contributed by atoms with E-state index in [0.29, 0.717) is 0 Å². The molecule has 24 heavy (non-hydrogen) atoms. The predicted octanol–water partition coefficient (Wildman–Crippen LogP) is 3.41. The number of nitrogens with zero attached hydrogens (tertiary/aromatic N) is 4. The van der Waals surface area contributed by atoms with Crippen LogP contribution in [0.2, 0.25) is 0 Å². The number of allylic oxidation sites excluding steroid dienone is 1. The maximum Gasteiger partial charge on any atom is 0.173 e. The van der Waals surface area contributed by atoms with Gasteiger partial charge < -0.3 is 4.90 Å². The first-order valence-electron chi connectivity index (χ1n) is 7.84. The molecule has 6 heteroatoms. The predicted molar refractivity (Wildman–Crippen MR) is 99.8 cm³/mol. The van der Waals surface area contributed by atoms with E-state index in [0.717, 1.165) is 17.1 Å². The summed E-state index contributed by atoms with van der Waals surface area (Å²) in [5.41, 5.74) is 5.66. The molecule has 1 unspecified atom stereocenters. The summed E-state index contributed by atoms with van der Waals surface area (Å²) < 4.78 is 0. The summed E-state index contributed by atoms with van der Waals surface area (Å²) in [6.07, 6.45) is 2.15. The van der Waals surface area contributed by atoms with Crippen molar-refractivity contribution in [2.45, 2.75) is 12.4 Å². The van der Waals surface area contributed by atoms with Crippen LogP contribution >= 0.6 is 11.8 Å². The molecule has 2 aromatic rings. The zero-order valence-electron chi connectivity index (χ0n) is 13.6. The molecule has 0 saturated carbocycles. The van der Waals surface area contributed by atoms with Crippen molar-refractivity contribution in [3.63, 3.8) is 0 Å². The molecule has 1 N–H and O–H groups in total. The zero-order valence-corrected chi connectivity index (χ0v) is 14.4. The maximum absolute atomic E-state index is 4.82. The van der Waals surface area contributed by atoms with Crippen molar-refractivity contribution < 1.29 is 0 Å². The fourth-order valence-electron chi connectivity index (χ4n) is 2.78. The van der Waals surface area contributed by atoms with Gasteiger partial charge in [0.15, 0.2) is 11.3 Å². The molecule has 0 fully saturated rings. The molecule has 0 spiro atoms. The molecule has 0 aliphatic carbocycles. The highest BCUT2D eigenvalue weighted by Crippen LogP contribution is 2.35. The normalized spacial score (nSPS) is 20.8. The summed E-state index contributed by atoms with van der Waals surface area (Å²) >= 11 is 1.80. The molecule has 0 saturated heterocycles. The number of para-hydroxylation sites is 1. The van der Waals surface area contributed by atoms with Crippen molar-refractivity contribution in [2.24, 2.45) is 5.10 Å². The van der Waals surface area contributed by atoms with E-state index < -0.39 is 0 Å². The van der Waals surface area contributed by atoms with Gasteiger partial charge in [0, 0.05) is 23.7 Å². The van der Waals surface area contributed by atoms with Gasteiger partial charge in [-0.1, -0.05) is 65.4 Å². The fourth-order valence-corrected chi connectivity index (χ4v) is 3.81. The van der Waals surface area contributed by atoms with Crippen molar-refractivity contribution in [2.75, 3.05) is 12.2 Å². The lowest BCUT2D eigenvalue weighted by Crippen LogP contribution is -2.53. The summed E-state index contributed by atoms with van der Waals surface area (Å²) in [7, 11) is 2.08. The van der Waals surface area contributed by atoms with Crippen LogP contribution in [0.1, 0.15) is 12.5 Å². The monoisotopic (exact) mass is 337 g/mol. The quantitative estimate of drug-likeness (QED) is 0.928. The largest absolute Gasteiger partial charge is 0.353 e. The number of hydrogen-bond acceptors (Lipinski definition) is 6. The molecule has 0 amide bonds. The van der Waals surface area contributed by atoms with Gasteiger partial charge in [-0.05, 0) is 19.1 Å². The molecule has 0 aromatic heterocycles. The van der Waals surface area contributed by atoms with Crippen LogP contribution in [-0.2, 0) is 0 Å². The standard InChI is InChI=1S/C18H19N5S/c1-14-13-21(2)18(24-14)23-20-17(15-9-5-3-6-10-15)19-22(23)16-11-7-4-8-12-16/h3-13,18H,1-2H3,(H,19,20). The minimum atomic E-state index is 0.107. The van der Waals surface area contributed by atoms with Crippen LogP contribution in [-0.4, -0.2) is 28.4 Å². The number of hydrogen-bond donors (Lipinski definition) is 1. The van der Waals surface area contributed by atoms with E-state index in [1.54, 1.807) is 11.8 Å². The first kappa shape index (κ1) is 15.1. The SMILES string of the molecule is CC1=CN(C)C(N2NC(c3ccccc3)=NN2c2ccccc2)S1. The number of benzene rings is 2. The third kappa shape index (κ3) is 2.74. The van der Waals surface area contributed by atoms with Crippen LogP contribution in [0, 0.1) is 0 Å². The van der Waals surface area contributed by atoms with Crippen LogP contribution in [0.4, 0.5) is 5.69 Å². The van der Waals surface area contributed by atoms with Crippen LogP contribution in [0.3, 0.4) is 0 Å². The molecule has 1 atom stereocenters. The van der Waals surface area contributed by atoms with Gasteiger partial charge >= 0.3 is 0 Å². The number of nitrogens with one attached hydrogen (secondary N) is 1. The van der Waals surface area contributed by atoms with E-state index in [4.69, 9.17) is 5.10 Å². The molecule has 0 radical (unpaired) electrons. The second kappa shape index (κ2) is 6.22. The lowest BCUT2D eigenvalue weighted by molar-refractivity contribution is 0.136. The van der Waals surface area contributed by atoms with E-state index in [9.17, 15) is 0 Å². The highest BCUT2D eigenvalue weighted by molar-refractivity contribution is 8.03. The Kier molecular flexibility index (Phi) is 3.92. The van der Waals surface area contributed by atoms with Crippen LogP contribution in [0.15, 0.2) is 76.9 Å². The van der Waals surface area contributed by atoms with Gasteiger partial charge in [0.25, 0.3) is 0 Å². The Labute approximate surface area is 146 Å². The molecule has 2 aliphatic heterocycles. The van der Waals surface area contributed by atoms with Gasteiger partial charge in [-0.15, -0.1) is 5.10 Å². The third-order valence-electron chi connectivity index (χ3n) is 3.89. The Hall–Kier alpha value is -2.44. The molecule has 2 aromatic carbocycles. The zero-order chi connectivity index (χ0) is 16.5. The van der Waals surface area contributed by atoms with Crippen molar-refractivity contribution in [3.8, 4) is 0 Å². The second-order valence-corrected chi connectivity index (χ2v) is 7.05. The van der Waals surface area contributed by atoms with Crippen molar-refractivity contribution >= 4 is 23.3 Å². The first-order valence-corrected chi connectivity index (χ1v) is 8.72. The molecular weight excluding hydrogens is 318 g/mol. The number of hydrazine groups is 2. The number of amidine groups is 1. The summed E-state index contributed by atoms with van der Waals surface area (Å²) in [5, 5.41) is 8.81. The number of anilines is 1. The topological polar surface area (TPSA) is 34.1 Å². The molecule has 2 aliphatic rings. The first-order chi connectivity index (χ1) is 11.7. The number of thioether (sulfide) groups is 1. The van der Waals surface area contributed by atoms with E-state index in [1.165, 1.54) is 4.91 Å². The van der Waals surface area contributed by atoms with Gasteiger partial charge in [0.05, 0.1) is 5.69 Å². The summed E-state index contributed by atoms with van der Waals surface area (Å²) in [5.74, 6) is 0.845. The van der Waals surface area contributed by atoms with E-state index in [-0.39, 0.29) is 5.50 Å². The lowest BCUT2D eigenvalue weighted by Gasteiger charge is -2.34. The van der Waals surface area contributed by atoms with Crippen molar-refractivity contribution in [1.29, 1.82) is 0 Å². The molecule has 0 bridgehead atoms. The van der Waals surface area contributed by atoms with Gasteiger partial charge in [0.1, 0.15) is 0 Å². The highest BCUT2D eigenvalue weighted by atomic mass is 32.2. The molecule has 2 heterocycles. The van der Waals surface area contributed by atoms with Gasteiger partial charge in [-0.3, -0.25) is 5.43 Å². The lowest BCUT2D eigenvalue weighted by atomic mass is 10.2. The Morgan fingerprint density at radius 3 is 2.29 bits per heavy atom. The van der Waals surface area contributed by atoms with Crippen LogP contribution < -0.4 is 10.5 Å². The van der Waals surface area contributed by atoms with E-state index >= 15 is 0 Å².